The number of fused-ring (bicyclic) bond motifs is 1. The summed E-state index contributed by atoms with van der Waals surface area (Å²) in [6.45, 7) is 10.5. The molecule has 4 heteroatoms. The Morgan fingerprint density at radius 2 is 1.71 bits per heavy atom. The van der Waals surface area contributed by atoms with Gasteiger partial charge in [-0.2, -0.15) is 17.0 Å². The maximum atomic E-state index is 13.2. The lowest BCUT2D eigenvalue weighted by Gasteiger charge is -2.18. The first-order valence-electron chi connectivity index (χ1n) is 7.63. The molecule has 0 N–H and O–H groups in total. The molecule has 1 aromatic carbocycles. The van der Waals surface area contributed by atoms with Crippen molar-refractivity contribution in [1.29, 1.82) is 0 Å². The van der Waals surface area contributed by atoms with Gasteiger partial charge in [0.1, 0.15) is 0 Å². The molecular formula is C17H28F2OS. The van der Waals surface area contributed by atoms with Crippen LogP contribution in [0.3, 0.4) is 0 Å². The maximum absolute atomic E-state index is 13.2. The van der Waals surface area contributed by atoms with Gasteiger partial charge in [0.15, 0.2) is 11.6 Å². The average molecular weight is 318 g/mol. The Morgan fingerprint density at radius 1 is 1.19 bits per heavy atom. The molecule has 0 saturated heterocycles. The van der Waals surface area contributed by atoms with Crippen LogP contribution in [0.4, 0.5) is 8.78 Å². The van der Waals surface area contributed by atoms with E-state index in [1.807, 2.05) is 13.8 Å². The number of rotatable bonds is 1. The Hall–Kier alpha value is -0.770. The van der Waals surface area contributed by atoms with Crippen LogP contribution in [0.2, 0.25) is 0 Å². The van der Waals surface area contributed by atoms with Gasteiger partial charge in [0, 0.05) is 0 Å². The zero-order valence-electron chi connectivity index (χ0n) is 13.8. The SMILES string of the molecule is CC(C)S.CCCC.Cc1cc2c(c(F)c1F)OCCC2. The number of ether oxygens (including phenoxy) is 1. The third-order valence-electron chi connectivity index (χ3n) is 2.76. The Labute approximate surface area is 133 Å². The van der Waals surface area contributed by atoms with Gasteiger partial charge in [0.25, 0.3) is 0 Å². The third kappa shape index (κ3) is 7.70. The highest BCUT2D eigenvalue weighted by atomic mass is 32.1. The van der Waals surface area contributed by atoms with E-state index in [4.69, 9.17) is 4.74 Å². The predicted octanol–water partition coefficient (Wildman–Crippen LogP) is 5.73. The molecule has 0 aromatic heterocycles. The molecule has 0 aliphatic carbocycles. The highest BCUT2D eigenvalue weighted by Crippen LogP contribution is 2.31. The van der Waals surface area contributed by atoms with Crippen molar-refractivity contribution >= 4 is 12.6 Å². The highest BCUT2D eigenvalue weighted by molar-refractivity contribution is 7.80. The van der Waals surface area contributed by atoms with Gasteiger partial charge in [-0.15, -0.1) is 0 Å². The third-order valence-corrected chi connectivity index (χ3v) is 2.76. The van der Waals surface area contributed by atoms with E-state index < -0.39 is 11.6 Å². The molecular weight excluding hydrogens is 290 g/mol. The first-order valence-corrected chi connectivity index (χ1v) is 8.15. The van der Waals surface area contributed by atoms with Crippen LogP contribution in [0.5, 0.6) is 5.75 Å². The molecule has 1 aromatic rings. The van der Waals surface area contributed by atoms with Crippen molar-refractivity contribution in [3.05, 3.63) is 28.8 Å². The predicted molar refractivity (Wildman–Crippen MR) is 89.6 cm³/mol. The zero-order chi connectivity index (χ0) is 16.4. The smallest absolute Gasteiger partial charge is 0.201 e. The molecule has 0 fully saturated rings. The van der Waals surface area contributed by atoms with Crippen LogP contribution in [-0.2, 0) is 6.42 Å². The Bertz CT molecular complexity index is 415. The van der Waals surface area contributed by atoms with Gasteiger partial charge in [-0.1, -0.05) is 40.5 Å². The largest absolute Gasteiger partial charge is 0.490 e. The first kappa shape index (κ1) is 20.2. The topological polar surface area (TPSA) is 9.23 Å². The number of thiol groups is 1. The molecule has 1 aliphatic rings. The van der Waals surface area contributed by atoms with E-state index in [0.29, 0.717) is 17.4 Å². The number of aryl methyl sites for hydroxylation is 2. The Kier molecular flexibility index (Phi) is 10.5. The number of benzene rings is 1. The van der Waals surface area contributed by atoms with Gasteiger partial charge in [0.05, 0.1) is 6.61 Å². The maximum Gasteiger partial charge on any atom is 0.201 e. The standard InChI is InChI=1S/C10H10F2O.C4H10.C3H8S/c1-6-5-7-3-2-4-13-10(7)9(12)8(6)11;1-3-4-2;1-3(2)4/h5H,2-4H2,1H3;3-4H2,1-2H3;3-4H,1-2H3. The Morgan fingerprint density at radius 3 is 2.19 bits per heavy atom. The second kappa shape index (κ2) is 10.9. The second-order valence-corrected chi connectivity index (χ2v) is 6.39. The normalized spacial score (nSPS) is 12.4. The molecule has 1 nitrogen and oxygen atoms in total. The van der Waals surface area contributed by atoms with Crippen LogP contribution in [0.1, 0.15) is 58.1 Å². The van der Waals surface area contributed by atoms with Crippen LogP contribution < -0.4 is 4.74 Å². The lowest BCUT2D eigenvalue weighted by atomic mass is 10.0. The van der Waals surface area contributed by atoms with Crippen molar-refractivity contribution in [2.24, 2.45) is 0 Å². The van der Waals surface area contributed by atoms with Crippen LogP contribution >= 0.6 is 12.6 Å². The average Bonchev–Trinajstić information content (AvgIpc) is 2.45. The van der Waals surface area contributed by atoms with Gasteiger partial charge in [-0.25, -0.2) is 4.39 Å². The van der Waals surface area contributed by atoms with Crippen molar-refractivity contribution in [3.63, 3.8) is 0 Å². The van der Waals surface area contributed by atoms with Crippen molar-refractivity contribution in [1.82, 2.24) is 0 Å². The van der Waals surface area contributed by atoms with E-state index in [1.165, 1.54) is 12.8 Å². The molecule has 0 radical (unpaired) electrons. The van der Waals surface area contributed by atoms with E-state index in [2.05, 4.69) is 26.5 Å². The molecule has 1 aliphatic heterocycles. The molecule has 122 valence electrons. The molecule has 0 saturated carbocycles. The molecule has 2 rings (SSSR count). The van der Waals surface area contributed by atoms with Crippen molar-refractivity contribution < 1.29 is 13.5 Å². The van der Waals surface area contributed by atoms with E-state index in [1.54, 1.807) is 13.0 Å². The van der Waals surface area contributed by atoms with Crippen LogP contribution in [0, 0.1) is 18.6 Å². The van der Waals surface area contributed by atoms with Gasteiger partial charge >= 0.3 is 0 Å². The number of halogens is 2. The molecule has 0 atom stereocenters. The van der Waals surface area contributed by atoms with Gasteiger partial charge < -0.3 is 4.74 Å². The number of hydrogen-bond donors (Lipinski definition) is 1. The molecule has 0 bridgehead atoms. The lowest BCUT2D eigenvalue weighted by Crippen LogP contribution is -2.11. The molecule has 0 amide bonds. The minimum absolute atomic E-state index is 0.106. The summed E-state index contributed by atoms with van der Waals surface area (Å²) in [6, 6.07) is 1.66. The summed E-state index contributed by atoms with van der Waals surface area (Å²) in [5.74, 6) is -1.52. The van der Waals surface area contributed by atoms with Crippen LogP contribution in [-0.4, -0.2) is 11.9 Å². The van der Waals surface area contributed by atoms with Crippen molar-refractivity contribution in [3.8, 4) is 5.75 Å². The summed E-state index contributed by atoms with van der Waals surface area (Å²) >= 11 is 3.97. The fourth-order valence-electron chi connectivity index (χ4n) is 1.58. The summed E-state index contributed by atoms with van der Waals surface area (Å²) in [4.78, 5) is 0. The first-order chi connectivity index (χ1) is 9.84. The lowest BCUT2D eigenvalue weighted by molar-refractivity contribution is 0.267. The summed E-state index contributed by atoms with van der Waals surface area (Å²) in [5, 5.41) is 0.528. The fourth-order valence-corrected chi connectivity index (χ4v) is 1.58. The van der Waals surface area contributed by atoms with Crippen molar-refractivity contribution in [2.45, 2.75) is 65.6 Å². The number of hydrogen-bond acceptors (Lipinski definition) is 2. The minimum atomic E-state index is -0.838. The van der Waals surface area contributed by atoms with E-state index in [-0.39, 0.29) is 5.75 Å². The van der Waals surface area contributed by atoms with E-state index in [0.717, 1.165) is 18.4 Å². The second-order valence-electron chi connectivity index (χ2n) is 5.36. The molecule has 0 spiro atoms. The quantitative estimate of drug-likeness (QED) is 0.651. The van der Waals surface area contributed by atoms with Gasteiger partial charge in [-0.05, 0) is 42.2 Å². The van der Waals surface area contributed by atoms with Gasteiger partial charge in [0.2, 0.25) is 5.82 Å². The van der Waals surface area contributed by atoms with Crippen molar-refractivity contribution in [2.75, 3.05) is 6.61 Å². The van der Waals surface area contributed by atoms with E-state index >= 15 is 0 Å². The summed E-state index contributed by atoms with van der Waals surface area (Å²) in [7, 11) is 0. The molecule has 21 heavy (non-hydrogen) atoms. The monoisotopic (exact) mass is 318 g/mol. The summed E-state index contributed by atoms with van der Waals surface area (Å²) in [5.41, 5.74) is 1.13. The minimum Gasteiger partial charge on any atom is -0.490 e. The Balaban J connectivity index is 0.000000421. The number of unbranched alkanes of at least 4 members (excludes halogenated alkanes) is 1. The van der Waals surface area contributed by atoms with Crippen LogP contribution in [0.25, 0.3) is 0 Å². The zero-order valence-corrected chi connectivity index (χ0v) is 14.7. The summed E-state index contributed by atoms with van der Waals surface area (Å²) < 4.78 is 31.4. The fraction of sp³-hybridized carbons (Fsp3) is 0.647. The molecule has 1 heterocycles. The molecule has 0 unspecified atom stereocenters. The highest BCUT2D eigenvalue weighted by Gasteiger charge is 2.20. The van der Waals surface area contributed by atoms with E-state index in [9.17, 15) is 8.78 Å². The van der Waals surface area contributed by atoms with Gasteiger partial charge in [-0.3, -0.25) is 0 Å². The van der Waals surface area contributed by atoms with Crippen LogP contribution in [0.15, 0.2) is 6.07 Å². The summed E-state index contributed by atoms with van der Waals surface area (Å²) in [6.07, 6.45) is 4.28.